The van der Waals surface area contributed by atoms with Crippen LogP contribution in [0.5, 0.6) is 11.5 Å². The molecule has 0 amide bonds. The van der Waals surface area contributed by atoms with E-state index in [0.29, 0.717) is 19.7 Å². The van der Waals surface area contributed by atoms with Crippen LogP contribution in [0, 0.1) is 0 Å². The minimum absolute atomic E-state index is 0. The van der Waals surface area contributed by atoms with E-state index in [9.17, 15) is 0 Å². The number of ether oxygens (including phenoxy) is 1. The molecule has 0 radical (unpaired) electrons. The summed E-state index contributed by atoms with van der Waals surface area (Å²) in [6, 6.07) is 6.76. The fourth-order valence-corrected chi connectivity index (χ4v) is 2.14. The van der Waals surface area contributed by atoms with E-state index < -0.39 is 0 Å². The third kappa shape index (κ3) is 9.84. The van der Waals surface area contributed by atoms with Gasteiger partial charge in [-0.1, -0.05) is 12.8 Å². The van der Waals surface area contributed by atoms with E-state index in [4.69, 9.17) is 20.1 Å². The van der Waals surface area contributed by atoms with Crippen molar-refractivity contribution in [1.82, 2.24) is 4.90 Å². The topological polar surface area (TPSA) is 73.2 Å². The van der Waals surface area contributed by atoms with Crippen LogP contribution < -0.4 is 4.74 Å². The first kappa shape index (κ1) is 21.0. The van der Waals surface area contributed by atoms with E-state index in [0.717, 1.165) is 38.0 Å². The third-order valence-electron chi connectivity index (χ3n) is 3.31. The number of hydrogen-bond donors (Lipinski definition) is 3. The van der Waals surface area contributed by atoms with E-state index in [1.54, 1.807) is 24.3 Å². The molecule has 0 fully saturated rings. The van der Waals surface area contributed by atoms with Crippen molar-refractivity contribution in [2.24, 2.45) is 0 Å². The van der Waals surface area contributed by atoms with Crippen molar-refractivity contribution < 1.29 is 20.1 Å². The van der Waals surface area contributed by atoms with Gasteiger partial charge in [0.25, 0.3) is 0 Å². The number of aliphatic hydroxyl groups excluding tert-OH is 2. The normalized spacial score (nSPS) is 10.5. The molecule has 0 aromatic heterocycles. The van der Waals surface area contributed by atoms with E-state index in [2.05, 4.69) is 4.90 Å². The summed E-state index contributed by atoms with van der Waals surface area (Å²) in [6.45, 7) is 3.14. The fraction of sp³-hybridized carbons (Fsp3) is 0.625. The van der Waals surface area contributed by atoms with Gasteiger partial charge in [0.2, 0.25) is 0 Å². The number of aromatic hydroxyl groups is 1. The number of benzene rings is 1. The van der Waals surface area contributed by atoms with Crippen LogP contribution in [0.2, 0.25) is 0 Å². The number of phenols is 1. The van der Waals surface area contributed by atoms with Gasteiger partial charge in [-0.3, -0.25) is 4.90 Å². The highest BCUT2D eigenvalue weighted by Crippen LogP contribution is 2.16. The lowest BCUT2D eigenvalue weighted by Crippen LogP contribution is -2.30. The van der Waals surface area contributed by atoms with Crippen molar-refractivity contribution in [1.29, 1.82) is 0 Å². The number of halogens is 1. The molecule has 1 rings (SSSR count). The second-order valence-electron chi connectivity index (χ2n) is 5.05. The number of rotatable bonds is 12. The van der Waals surface area contributed by atoms with Crippen LogP contribution >= 0.6 is 12.4 Å². The zero-order chi connectivity index (χ0) is 15.3. The van der Waals surface area contributed by atoms with Gasteiger partial charge in [-0.05, 0) is 43.7 Å². The first-order valence-electron chi connectivity index (χ1n) is 7.62. The molecule has 0 unspecified atom stereocenters. The summed E-state index contributed by atoms with van der Waals surface area (Å²) in [4.78, 5) is 2.08. The fourth-order valence-electron chi connectivity index (χ4n) is 2.14. The molecule has 0 spiro atoms. The summed E-state index contributed by atoms with van der Waals surface area (Å²) < 4.78 is 5.58. The van der Waals surface area contributed by atoms with Crippen molar-refractivity contribution >= 4 is 12.4 Å². The lowest BCUT2D eigenvalue weighted by Gasteiger charge is -2.19. The number of phenolic OH excluding ortho intramolecular Hbond substituents is 1. The molecule has 3 N–H and O–H groups in total. The Kier molecular flexibility index (Phi) is 13.0. The Hall–Kier alpha value is -1.01. The Bertz CT molecular complexity index is 356. The molecular weight excluding hydrogens is 306 g/mol. The predicted molar refractivity (Wildman–Crippen MR) is 89.9 cm³/mol. The molecule has 22 heavy (non-hydrogen) atoms. The van der Waals surface area contributed by atoms with Crippen LogP contribution in [-0.2, 0) is 0 Å². The predicted octanol–water partition coefficient (Wildman–Crippen LogP) is 2.04. The average molecular weight is 334 g/mol. The Morgan fingerprint density at radius 1 is 0.818 bits per heavy atom. The van der Waals surface area contributed by atoms with Gasteiger partial charge in [-0.2, -0.15) is 0 Å². The molecule has 6 heteroatoms. The highest BCUT2D eigenvalue weighted by atomic mass is 35.5. The van der Waals surface area contributed by atoms with Crippen molar-refractivity contribution in [3.05, 3.63) is 24.3 Å². The maximum atomic E-state index is 9.16. The summed E-state index contributed by atoms with van der Waals surface area (Å²) >= 11 is 0. The van der Waals surface area contributed by atoms with E-state index in [1.807, 2.05) is 0 Å². The van der Waals surface area contributed by atoms with Gasteiger partial charge in [-0.15, -0.1) is 12.4 Å². The molecule has 5 nitrogen and oxygen atoms in total. The number of hydrogen-bond acceptors (Lipinski definition) is 5. The molecule has 0 aliphatic carbocycles. The van der Waals surface area contributed by atoms with Gasteiger partial charge in [0.1, 0.15) is 11.5 Å². The summed E-state index contributed by atoms with van der Waals surface area (Å²) in [7, 11) is 0. The Morgan fingerprint density at radius 2 is 1.41 bits per heavy atom. The maximum Gasteiger partial charge on any atom is 0.119 e. The SMILES string of the molecule is Cl.OCCN(CCO)CCCCCCOc1ccc(O)cc1. The van der Waals surface area contributed by atoms with Crippen LogP contribution in [0.25, 0.3) is 0 Å². The van der Waals surface area contributed by atoms with Gasteiger partial charge < -0.3 is 20.1 Å². The van der Waals surface area contributed by atoms with E-state index >= 15 is 0 Å². The summed E-state index contributed by atoms with van der Waals surface area (Å²) in [5.74, 6) is 1.03. The van der Waals surface area contributed by atoms with Gasteiger partial charge >= 0.3 is 0 Å². The summed E-state index contributed by atoms with van der Waals surface area (Å²) in [5.41, 5.74) is 0. The van der Waals surface area contributed by atoms with Crippen LogP contribution in [0.1, 0.15) is 25.7 Å². The van der Waals surface area contributed by atoms with Gasteiger partial charge in [-0.25, -0.2) is 0 Å². The molecule has 1 aromatic carbocycles. The molecule has 0 heterocycles. The highest BCUT2D eigenvalue weighted by Gasteiger charge is 2.02. The number of aliphatic hydroxyl groups is 2. The Balaban J connectivity index is 0.00000441. The molecule has 0 bridgehead atoms. The molecule has 0 atom stereocenters. The van der Waals surface area contributed by atoms with Crippen LogP contribution in [-0.4, -0.2) is 59.7 Å². The Morgan fingerprint density at radius 3 is 2.00 bits per heavy atom. The van der Waals surface area contributed by atoms with Crippen LogP contribution in [0.3, 0.4) is 0 Å². The average Bonchev–Trinajstić information content (AvgIpc) is 2.48. The van der Waals surface area contributed by atoms with Gasteiger partial charge in [0.15, 0.2) is 0 Å². The standard InChI is InChI=1S/C16H27NO4.ClH/c18-12-10-17(11-13-19)9-3-1-2-4-14-21-16-7-5-15(20)6-8-16;/h5-8,18-20H,1-4,9-14H2;1H. The van der Waals surface area contributed by atoms with Gasteiger partial charge in [0, 0.05) is 13.1 Å². The lowest BCUT2D eigenvalue weighted by atomic mass is 10.2. The van der Waals surface area contributed by atoms with Crippen molar-refractivity contribution in [3.63, 3.8) is 0 Å². The second kappa shape index (κ2) is 13.6. The molecule has 1 aromatic rings. The quantitative estimate of drug-likeness (QED) is 0.510. The monoisotopic (exact) mass is 333 g/mol. The zero-order valence-corrected chi connectivity index (χ0v) is 13.8. The number of unbranched alkanes of at least 4 members (excludes halogenated alkanes) is 3. The van der Waals surface area contributed by atoms with E-state index in [1.165, 1.54) is 0 Å². The van der Waals surface area contributed by atoms with Crippen molar-refractivity contribution in [3.8, 4) is 11.5 Å². The number of nitrogens with zero attached hydrogens (tertiary/aromatic N) is 1. The minimum atomic E-state index is 0. The molecule has 128 valence electrons. The molecule has 0 saturated heterocycles. The highest BCUT2D eigenvalue weighted by molar-refractivity contribution is 5.85. The molecule has 0 saturated carbocycles. The van der Waals surface area contributed by atoms with Gasteiger partial charge in [0.05, 0.1) is 19.8 Å². The molecule has 0 aliphatic heterocycles. The van der Waals surface area contributed by atoms with E-state index in [-0.39, 0.29) is 31.4 Å². The maximum absolute atomic E-state index is 9.16. The first-order valence-corrected chi connectivity index (χ1v) is 7.62. The first-order chi connectivity index (χ1) is 10.3. The van der Waals surface area contributed by atoms with Crippen LogP contribution in [0.15, 0.2) is 24.3 Å². The minimum Gasteiger partial charge on any atom is -0.508 e. The van der Waals surface area contributed by atoms with Crippen molar-refractivity contribution in [2.45, 2.75) is 25.7 Å². The lowest BCUT2D eigenvalue weighted by molar-refractivity contribution is 0.159. The third-order valence-corrected chi connectivity index (χ3v) is 3.31. The smallest absolute Gasteiger partial charge is 0.119 e. The zero-order valence-electron chi connectivity index (χ0n) is 13.0. The Labute approximate surface area is 138 Å². The van der Waals surface area contributed by atoms with Crippen LogP contribution in [0.4, 0.5) is 0 Å². The van der Waals surface area contributed by atoms with Crippen molar-refractivity contribution in [2.75, 3.05) is 39.5 Å². The molecular formula is C16H28ClNO4. The summed E-state index contributed by atoms with van der Waals surface area (Å²) in [5, 5.41) is 27.0. The largest absolute Gasteiger partial charge is 0.508 e. The molecule has 0 aliphatic rings. The second-order valence-corrected chi connectivity index (χ2v) is 5.05. The summed E-state index contributed by atoms with van der Waals surface area (Å²) in [6.07, 6.45) is 4.29.